The molecule has 0 saturated heterocycles. The Kier molecular flexibility index (Phi) is 7.45. The third-order valence-electron chi connectivity index (χ3n) is 4.13. The minimum atomic E-state index is -0.933. The molecule has 28 heavy (non-hydrogen) atoms. The van der Waals surface area contributed by atoms with Crippen molar-refractivity contribution in [2.24, 2.45) is 0 Å². The number of rotatable bonds is 8. The van der Waals surface area contributed by atoms with Crippen molar-refractivity contribution in [2.45, 2.75) is 25.9 Å². The first-order valence-electron chi connectivity index (χ1n) is 8.82. The summed E-state index contributed by atoms with van der Waals surface area (Å²) in [6.45, 7) is 3.93. The molecule has 0 aromatic heterocycles. The summed E-state index contributed by atoms with van der Waals surface area (Å²) in [5.41, 5.74) is 1.68. The van der Waals surface area contributed by atoms with Gasteiger partial charge in [0.05, 0.1) is 4.92 Å². The molecule has 7 heteroatoms. The van der Waals surface area contributed by atoms with Crippen LogP contribution in [0.5, 0.6) is 0 Å². The highest BCUT2D eigenvalue weighted by molar-refractivity contribution is 5.90. The van der Waals surface area contributed by atoms with Crippen molar-refractivity contribution >= 4 is 23.6 Å². The van der Waals surface area contributed by atoms with Crippen LogP contribution in [0, 0.1) is 10.1 Å². The van der Waals surface area contributed by atoms with Crippen molar-refractivity contribution in [2.75, 3.05) is 6.54 Å². The predicted octanol–water partition coefficient (Wildman–Crippen LogP) is 3.46. The average molecular weight is 382 g/mol. The van der Waals surface area contributed by atoms with Crippen LogP contribution in [0.2, 0.25) is 0 Å². The molecular formula is C21H22N2O5. The fourth-order valence-corrected chi connectivity index (χ4v) is 2.44. The number of nitro groups is 1. The second-order valence-corrected chi connectivity index (χ2v) is 6.32. The summed E-state index contributed by atoms with van der Waals surface area (Å²) in [5.74, 6) is -0.910. The molecule has 1 amide bonds. The second-order valence-electron chi connectivity index (χ2n) is 6.32. The molecule has 0 unspecified atom stereocenters. The zero-order valence-corrected chi connectivity index (χ0v) is 15.7. The molecule has 0 saturated carbocycles. The monoisotopic (exact) mass is 382 g/mol. The first kappa shape index (κ1) is 20.8. The SMILES string of the molecule is C[C@H](CNC(=O)[C@@H](C)OC(=O)/C=C/c1ccc([N+](=O)[O-])cc1)c1ccccc1. The van der Waals surface area contributed by atoms with Crippen molar-refractivity contribution in [1.82, 2.24) is 5.32 Å². The van der Waals surface area contributed by atoms with Crippen molar-refractivity contribution in [3.63, 3.8) is 0 Å². The van der Waals surface area contributed by atoms with Crippen LogP contribution in [0.1, 0.15) is 30.9 Å². The Balaban J connectivity index is 1.80. The van der Waals surface area contributed by atoms with Crippen LogP contribution in [0.3, 0.4) is 0 Å². The third kappa shape index (κ3) is 6.35. The zero-order chi connectivity index (χ0) is 20.5. The van der Waals surface area contributed by atoms with Gasteiger partial charge in [-0.3, -0.25) is 14.9 Å². The highest BCUT2D eigenvalue weighted by Crippen LogP contribution is 2.14. The Morgan fingerprint density at radius 1 is 1.11 bits per heavy atom. The number of hydrogen-bond donors (Lipinski definition) is 1. The highest BCUT2D eigenvalue weighted by atomic mass is 16.6. The Hall–Kier alpha value is -3.48. The fourth-order valence-electron chi connectivity index (χ4n) is 2.44. The number of amides is 1. The third-order valence-corrected chi connectivity index (χ3v) is 4.13. The van der Waals surface area contributed by atoms with E-state index in [9.17, 15) is 19.7 Å². The van der Waals surface area contributed by atoms with Crippen molar-refractivity contribution < 1.29 is 19.2 Å². The maximum atomic E-state index is 12.1. The molecule has 0 aliphatic heterocycles. The smallest absolute Gasteiger partial charge is 0.331 e. The second kappa shape index (κ2) is 10.0. The summed E-state index contributed by atoms with van der Waals surface area (Å²) in [5, 5.41) is 13.4. The number of carbonyl (C=O) groups excluding carboxylic acids is 2. The molecule has 0 bridgehead atoms. The van der Waals surface area contributed by atoms with Crippen molar-refractivity contribution in [1.29, 1.82) is 0 Å². The molecule has 7 nitrogen and oxygen atoms in total. The van der Waals surface area contributed by atoms with Gasteiger partial charge in [0, 0.05) is 24.8 Å². The molecule has 146 valence electrons. The maximum Gasteiger partial charge on any atom is 0.331 e. The minimum absolute atomic E-state index is 0.0326. The van der Waals surface area contributed by atoms with Crippen LogP contribution in [-0.4, -0.2) is 29.4 Å². The topological polar surface area (TPSA) is 98.5 Å². The zero-order valence-electron chi connectivity index (χ0n) is 15.7. The Morgan fingerprint density at radius 2 is 1.75 bits per heavy atom. The minimum Gasteiger partial charge on any atom is -0.449 e. The largest absolute Gasteiger partial charge is 0.449 e. The lowest BCUT2D eigenvalue weighted by Crippen LogP contribution is -2.37. The van der Waals surface area contributed by atoms with E-state index in [1.807, 2.05) is 37.3 Å². The van der Waals surface area contributed by atoms with Gasteiger partial charge >= 0.3 is 5.97 Å². The van der Waals surface area contributed by atoms with Crippen LogP contribution in [-0.2, 0) is 14.3 Å². The number of hydrogen-bond acceptors (Lipinski definition) is 5. The van der Waals surface area contributed by atoms with E-state index >= 15 is 0 Å². The summed E-state index contributed by atoms with van der Waals surface area (Å²) >= 11 is 0. The first-order valence-corrected chi connectivity index (χ1v) is 8.82. The quantitative estimate of drug-likeness (QED) is 0.326. The van der Waals surface area contributed by atoms with Gasteiger partial charge in [-0.1, -0.05) is 37.3 Å². The van der Waals surface area contributed by atoms with Gasteiger partial charge in [0.15, 0.2) is 6.10 Å². The van der Waals surface area contributed by atoms with Gasteiger partial charge in [0.2, 0.25) is 0 Å². The molecule has 2 rings (SSSR count). The number of nitrogens with one attached hydrogen (secondary N) is 1. The summed E-state index contributed by atoms with van der Waals surface area (Å²) in [4.78, 5) is 34.1. The van der Waals surface area contributed by atoms with Gasteiger partial charge in [0.25, 0.3) is 11.6 Å². The van der Waals surface area contributed by atoms with E-state index in [-0.39, 0.29) is 17.5 Å². The lowest BCUT2D eigenvalue weighted by atomic mass is 10.0. The van der Waals surface area contributed by atoms with Crippen molar-refractivity contribution in [3.05, 3.63) is 81.9 Å². The van der Waals surface area contributed by atoms with Crippen LogP contribution in [0.15, 0.2) is 60.7 Å². The van der Waals surface area contributed by atoms with E-state index in [0.29, 0.717) is 12.1 Å². The molecule has 0 spiro atoms. The number of carbonyl (C=O) groups is 2. The molecule has 1 N–H and O–H groups in total. The molecule has 2 aromatic rings. The summed E-state index contributed by atoms with van der Waals surface area (Å²) in [6, 6.07) is 15.5. The average Bonchev–Trinajstić information content (AvgIpc) is 2.71. The van der Waals surface area contributed by atoms with E-state index < -0.39 is 17.0 Å². The molecular weight excluding hydrogens is 360 g/mol. The Morgan fingerprint density at radius 3 is 2.36 bits per heavy atom. The van der Waals surface area contributed by atoms with E-state index in [0.717, 1.165) is 5.56 Å². The van der Waals surface area contributed by atoms with Gasteiger partial charge in [-0.2, -0.15) is 0 Å². The molecule has 0 radical (unpaired) electrons. The molecule has 2 atom stereocenters. The van der Waals surface area contributed by atoms with Gasteiger partial charge < -0.3 is 10.1 Å². The summed E-state index contributed by atoms with van der Waals surface area (Å²) < 4.78 is 5.09. The standard InChI is InChI=1S/C21H22N2O5/c1-15(18-6-4-3-5-7-18)14-22-21(25)16(2)28-20(24)13-10-17-8-11-19(12-9-17)23(26)27/h3-13,15-16H,14H2,1-2H3,(H,22,25)/b13-10+/t15-,16-/m1/s1. The van der Waals surface area contributed by atoms with Gasteiger partial charge in [-0.05, 0) is 42.2 Å². The number of benzene rings is 2. The molecule has 0 aliphatic rings. The number of nitrogens with zero attached hydrogens (tertiary/aromatic N) is 1. The Labute approximate surface area is 163 Å². The summed E-state index contributed by atoms with van der Waals surface area (Å²) in [6.07, 6.45) is 1.71. The van der Waals surface area contributed by atoms with E-state index in [4.69, 9.17) is 4.74 Å². The number of non-ortho nitro benzene ring substituents is 1. The van der Waals surface area contributed by atoms with Crippen LogP contribution >= 0.6 is 0 Å². The van der Waals surface area contributed by atoms with Crippen molar-refractivity contribution in [3.8, 4) is 0 Å². The van der Waals surface area contributed by atoms with E-state index in [2.05, 4.69) is 5.32 Å². The maximum absolute atomic E-state index is 12.1. The van der Waals surface area contributed by atoms with Gasteiger partial charge in [-0.15, -0.1) is 0 Å². The number of nitro benzene ring substituents is 1. The Bertz CT molecular complexity index is 847. The first-order chi connectivity index (χ1) is 13.4. The number of esters is 1. The predicted molar refractivity (Wildman–Crippen MR) is 106 cm³/mol. The lowest BCUT2D eigenvalue weighted by Gasteiger charge is -2.16. The van der Waals surface area contributed by atoms with Gasteiger partial charge in [-0.25, -0.2) is 4.79 Å². The fraction of sp³-hybridized carbons (Fsp3) is 0.238. The van der Waals surface area contributed by atoms with Crippen LogP contribution in [0.4, 0.5) is 5.69 Å². The highest BCUT2D eigenvalue weighted by Gasteiger charge is 2.17. The van der Waals surface area contributed by atoms with Crippen LogP contribution in [0.25, 0.3) is 6.08 Å². The van der Waals surface area contributed by atoms with E-state index in [1.165, 1.54) is 43.3 Å². The molecule has 0 aliphatic carbocycles. The summed E-state index contributed by atoms with van der Waals surface area (Å²) in [7, 11) is 0. The molecule has 0 heterocycles. The normalized spacial score (nSPS) is 12.9. The van der Waals surface area contributed by atoms with E-state index in [1.54, 1.807) is 0 Å². The lowest BCUT2D eigenvalue weighted by molar-refractivity contribution is -0.384. The van der Waals surface area contributed by atoms with Crippen LogP contribution < -0.4 is 5.32 Å². The van der Waals surface area contributed by atoms with Gasteiger partial charge in [0.1, 0.15) is 0 Å². The number of ether oxygens (including phenoxy) is 1. The molecule has 0 fully saturated rings. The molecule has 2 aromatic carbocycles.